The molecule has 2 heterocycles. The van der Waals surface area contributed by atoms with Crippen molar-refractivity contribution in [3.63, 3.8) is 0 Å². The maximum absolute atomic E-state index is 10.8. The molecule has 1 aliphatic carbocycles. The second kappa shape index (κ2) is 7.30. The minimum atomic E-state index is -0.403. The highest BCUT2D eigenvalue weighted by molar-refractivity contribution is 5.65. The van der Waals surface area contributed by atoms with Gasteiger partial charge < -0.3 is 24.8 Å². The van der Waals surface area contributed by atoms with E-state index in [1.54, 1.807) is 0 Å². The summed E-state index contributed by atoms with van der Waals surface area (Å²) in [5.74, 6) is 1.74. The Hall–Kier alpha value is -2.24. The number of hydrogen-bond donors (Lipinski definition) is 2. The predicted octanol–water partition coefficient (Wildman–Crippen LogP) is 2.98. The molecule has 0 saturated carbocycles. The van der Waals surface area contributed by atoms with Crippen molar-refractivity contribution in [2.75, 3.05) is 31.2 Å². The van der Waals surface area contributed by atoms with Gasteiger partial charge in [0.2, 0.25) is 0 Å². The van der Waals surface area contributed by atoms with Crippen LogP contribution in [-0.2, 0) is 6.42 Å². The molecule has 1 saturated heterocycles. The van der Waals surface area contributed by atoms with E-state index in [-0.39, 0.29) is 6.04 Å². The Morgan fingerprint density at radius 2 is 1.89 bits per heavy atom. The average Bonchev–Trinajstić information content (AvgIpc) is 3.03. The molecule has 0 unspecified atom stereocenters. The monoisotopic (exact) mass is 380 g/mol. The van der Waals surface area contributed by atoms with Gasteiger partial charge >= 0.3 is 0 Å². The summed E-state index contributed by atoms with van der Waals surface area (Å²) in [7, 11) is 0. The number of anilines is 1. The van der Waals surface area contributed by atoms with Crippen LogP contribution >= 0.6 is 0 Å². The Kier molecular flexibility index (Phi) is 4.65. The number of para-hydroxylation sites is 1. The van der Waals surface area contributed by atoms with Crippen LogP contribution in [0.1, 0.15) is 35.6 Å². The SMILES string of the molecule is Cc1ccc2c(c1)[C@@H](O)[C@@H](NC1CCN(c3cccc4c3OCCO4)CC1)C2. The van der Waals surface area contributed by atoms with Crippen LogP contribution < -0.4 is 19.7 Å². The van der Waals surface area contributed by atoms with Crippen molar-refractivity contribution in [3.8, 4) is 11.5 Å². The largest absolute Gasteiger partial charge is 0.486 e. The number of nitrogens with one attached hydrogen (secondary N) is 1. The second-order valence-electron chi connectivity index (χ2n) is 8.19. The van der Waals surface area contributed by atoms with Crippen molar-refractivity contribution in [2.24, 2.45) is 0 Å². The molecule has 148 valence electrons. The molecule has 0 aromatic heterocycles. The first-order valence-electron chi connectivity index (χ1n) is 10.4. The molecule has 5 nitrogen and oxygen atoms in total. The van der Waals surface area contributed by atoms with Crippen LogP contribution in [0.25, 0.3) is 0 Å². The summed E-state index contributed by atoms with van der Waals surface area (Å²) in [6.45, 7) is 5.27. The van der Waals surface area contributed by atoms with Gasteiger partial charge in [-0.25, -0.2) is 0 Å². The van der Waals surface area contributed by atoms with Crippen LogP contribution in [0.2, 0.25) is 0 Å². The molecule has 2 aromatic carbocycles. The van der Waals surface area contributed by atoms with Crippen molar-refractivity contribution >= 4 is 5.69 Å². The maximum Gasteiger partial charge on any atom is 0.184 e. The molecule has 0 radical (unpaired) electrons. The quantitative estimate of drug-likeness (QED) is 0.857. The van der Waals surface area contributed by atoms with E-state index in [1.165, 1.54) is 11.1 Å². The lowest BCUT2D eigenvalue weighted by atomic mass is 10.0. The van der Waals surface area contributed by atoms with E-state index in [0.717, 1.165) is 55.1 Å². The Morgan fingerprint density at radius 1 is 1.07 bits per heavy atom. The van der Waals surface area contributed by atoms with Gasteiger partial charge in [0.05, 0.1) is 11.8 Å². The first kappa shape index (κ1) is 17.8. The zero-order valence-corrected chi connectivity index (χ0v) is 16.4. The molecule has 28 heavy (non-hydrogen) atoms. The summed E-state index contributed by atoms with van der Waals surface area (Å²) < 4.78 is 11.6. The summed E-state index contributed by atoms with van der Waals surface area (Å²) >= 11 is 0. The third-order valence-electron chi connectivity index (χ3n) is 6.27. The van der Waals surface area contributed by atoms with Crippen molar-refractivity contribution < 1.29 is 14.6 Å². The lowest BCUT2D eigenvalue weighted by Gasteiger charge is -2.37. The number of ether oxygens (including phenoxy) is 2. The molecule has 3 aliphatic rings. The fourth-order valence-corrected chi connectivity index (χ4v) is 4.79. The summed E-state index contributed by atoms with van der Waals surface area (Å²) in [5, 5.41) is 14.5. The standard InChI is InChI=1S/C23H28N2O3/c1-15-5-6-16-14-19(22(26)18(16)13-15)24-17-7-9-25(10-8-17)20-3-2-4-21-23(20)28-12-11-27-21/h2-6,13,17,19,22,24,26H,7-12,14H2,1H3/t19-,22+/m0/s1. The number of benzene rings is 2. The Labute approximate surface area is 166 Å². The van der Waals surface area contributed by atoms with E-state index in [0.29, 0.717) is 19.3 Å². The maximum atomic E-state index is 10.8. The number of nitrogens with zero attached hydrogens (tertiary/aromatic N) is 1. The second-order valence-corrected chi connectivity index (χ2v) is 8.19. The van der Waals surface area contributed by atoms with E-state index >= 15 is 0 Å². The molecule has 2 aromatic rings. The zero-order valence-electron chi connectivity index (χ0n) is 16.4. The molecule has 5 heteroatoms. The van der Waals surface area contributed by atoms with Gasteiger partial charge in [0.1, 0.15) is 13.2 Å². The zero-order chi connectivity index (χ0) is 19.1. The van der Waals surface area contributed by atoms with E-state index in [2.05, 4.69) is 41.4 Å². The van der Waals surface area contributed by atoms with Crippen molar-refractivity contribution in [3.05, 3.63) is 53.1 Å². The highest BCUT2D eigenvalue weighted by Gasteiger charge is 2.33. The third-order valence-corrected chi connectivity index (χ3v) is 6.27. The molecule has 0 spiro atoms. The summed E-state index contributed by atoms with van der Waals surface area (Å²) in [6.07, 6.45) is 2.63. The van der Waals surface area contributed by atoms with Gasteiger partial charge in [-0.3, -0.25) is 0 Å². The number of fused-ring (bicyclic) bond motifs is 2. The van der Waals surface area contributed by atoms with Crippen molar-refractivity contribution in [1.29, 1.82) is 0 Å². The first-order chi connectivity index (χ1) is 13.7. The molecule has 2 atom stereocenters. The summed E-state index contributed by atoms with van der Waals surface area (Å²) in [4.78, 5) is 2.40. The van der Waals surface area contributed by atoms with Gasteiger partial charge in [0.25, 0.3) is 0 Å². The topological polar surface area (TPSA) is 54.0 Å². The molecule has 5 rings (SSSR count). The molecular weight excluding hydrogens is 352 g/mol. The highest BCUT2D eigenvalue weighted by atomic mass is 16.6. The number of aryl methyl sites for hydroxylation is 1. The summed E-state index contributed by atoms with van der Waals surface area (Å²) in [6, 6.07) is 13.1. The lowest BCUT2D eigenvalue weighted by molar-refractivity contribution is 0.131. The van der Waals surface area contributed by atoms with Gasteiger partial charge in [0, 0.05) is 25.2 Å². The van der Waals surface area contributed by atoms with Gasteiger partial charge in [-0.05, 0) is 49.4 Å². The van der Waals surface area contributed by atoms with Gasteiger partial charge in [-0.1, -0.05) is 29.8 Å². The fraction of sp³-hybridized carbons (Fsp3) is 0.478. The van der Waals surface area contributed by atoms with Crippen LogP contribution in [-0.4, -0.2) is 43.5 Å². The fourth-order valence-electron chi connectivity index (χ4n) is 4.79. The molecule has 2 aliphatic heterocycles. The van der Waals surface area contributed by atoms with Crippen LogP contribution in [0.15, 0.2) is 36.4 Å². The number of hydrogen-bond acceptors (Lipinski definition) is 5. The number of rotatable bonds is 3. The number of aliphatic hydroxyl groups is 1. The Morgan fingerprint density at radius 3 is 2.75 bits per heavy atom. The Balaban J connectivity index is 1.22. The van der Waals surface area contributed by atoms with Gasteiger partial charge in [-0.2, -0.15) is 0 Å². The van der Waals surface area contributed by atoms with Gasteiger partial charge in [0.15, 0.2) is 11.5 Å². The number of piperidine rings is 1. The highest BCUT2D eigenvalue weighted by Crippen LogP contribution is 2.40. The molecule has 0 bridgehead atoms. The molecular formula is C23H28N2O3. The van der Waals surface area contributed by atoms with E-state index in [9.17, 15) is 5.11 Å². The van der Waals surface area contributed by atoms with Crippen LogP contribution in [0, 0.1) is 6.92 Å². The minimum absolute atomic E-state index is 0.120. The first-order valence-corrected chi connectivity index (χ1v) is 10.4. The van der Waals surface area contributed by atoms with Crippen molar-refractivity contribution in [2.45, 2.75) is 44.4 Å². The van der Waals surface area contributed by atoms with E-state index in [4.69, 9.17) is 9.47 Å². The van der Waals surface area contributed by atoms with Crippen LogP contribution in [0.5, 0.6) is 11.5 Å². The average molecular weight is 380 g/mol. The van der Waals surface area contributed by atoms with Crippen LogP contribution in [0.3, 0.4) is 0 Å². The number of aliphatic hydroxyl groups excluding tert-OH is 1. The Bertz CT molecular complexity index is 861. The molecule has 0 amide bonds. The van der Waals surface area contributed by atoms with Crippen molar-refractivity contribution in [1.82, 2.24) is 5.32 Å². The third kappa shape index (κ3) is 3.23. The lowest BCUT2D eigenvalue weighted by Crippen LogP contribution is -2.47. The van der Waals surface area contributed by atoms with Gasteiger partial charge in [-0.15, -0.1) is 0 Å². The van der Waals surface area contributed by atoms with E-state index < -0.39 is 6.10 Å². The smallest absolute Gasteiger partial charge is 0.184 e. The predicted molar refractivity (Wildman–Crippen MR) is 109 cm³/mol. The van der Waals surface area contributed by atoms with E-state index in [1.807, 2.05) is 12.1 Å². The summed E-state index contributed by atoms with van der Waals surface area (Å²) in [5.41, 5.74) is 4.73. The minimum Gasteiger partial charge on any atom is -0.486 e. The molecule has 1 fully saturated rings. The molecule has 2 N–H and O–H groups in total. The van der Waals surface area contributed by atoms with Crippen LogP contribution in [0.4, 0.5) is 5.69 Å². The normalized spacial score (nSPS) is 24.3.